The average molecular weight is 278 g/mol. The molecule has 0 saturated carbocycles. The van der Waals surface area contributed by atoms with Gasteiger partial charge in [-0.3, -0.25) is 4.79 Å². The van der Waals surface area contributed by atoms with Gasteiger partial charge in [0.05, 0.1) is 18.4 Å². The number of benzene rings is 1. The molecule has 100 valence electrons. The Bertz CT molecular complexity index is 621. The minimum atomic E-state index is -0.0929. The normalized spacial score (nSPS) is 10.4. The molecular formula is C13H14N2O3S. The Kier molecular flexibility index (Phi) is 4.01. The van der Waals surface area contributed by atoms with Gasteiger partial charge >= 0.3 is 0 Å². The second-order valence-electron chi connectivity index (χ2n) is 3.89. The summed E-state index contributed by atoms with van der Waals surface area (Å²) in [6.07, 6.45) is 0.257. The van der Waals surface area contributed by atoms with Crippen LogP contribution in [0.15, 0.2) is 28.7 Å². The van der Waals surface area contributed by atoms with E-state index in [-0.39, 0.29) is 23.9 Å². The lowest BCUT2D eigenvalue weighted by Crippen LogP contribution is -2.20. The molecule has 0 saturated heterocycles. The van der Waals surface area contributed by atoms with Crippen LogP contribution in [0.2, 0.25) is 0 Å². The molecule has 2 rings (SSSR count). The maximum atomic E-state index is 11.2. The second kappa shape index (κ2) is 5.71. The van der Waals surface area contributed by atoms with Gasteiger partial charge in [0.25, 0.3) is 0 Å². The van der Waals surface area contributed by atoms with Crippen LogP contribution in [0.25, 0.3) is 11.0 Å². The number of fused-ring (bicyclic) bond motifs is 1. The lowest BCUT2D eigenvalue weighted by atomic mass is 10.2. The van der Waals surface area contributed by atoms with Crippen molar-refractivity contribution in [1.29, 1.82) is 0 Å². The van der Waals surface area contributed by atoms with E-state index in [0.717, 1.165) is 5.39 Å². The van der Waals surface area contributed by atoms with E-state index in [1.807, 2.05) is 24.3 Å². The summed E-state index contributed by atoms with van der Waals surface area (Å²) >= 11 is 4.94. The van der Waals surface area contributed by atoms with Gasteiger partial charge in [-0.1, -0.05) is 24.4 Å². The number of carbonyl (C=O) groups is 1. The molecule has 0 fully saturated rings. The molecule has 0 aliphatic heterocycles. The lowest BCUT2D eigenvalue weighted by Gasteiger charge is -2.05. The number of carbonyl (C=O) groups excluding carboxylic acids is 1. The molecule has 1 aromatic carbocycles. The van der Waals surface area contributed by atoms with Crippen LogP contribution >= 0.6 is 12.2 Å². The minimum absolute atomic E-state index is 0.0929. The first-order valence-corrected chi connectivity index (χ1v) is 6.19. The van der Waals surface area contributed by atoms with Crippen LogP contribution in [0.3, 0.4) is 0 Å². The third-order valence-electron chi connectivity index (χ3n) is 2.63. The molecule has 0 bridgehead atoms. The smallest absolute Gasteiger partial charge is 0.223 e. The summed E-state index contributed by atoms with van der Waals surface area (Å²) in [5.41, 5.74) is 6.27. The average Bonchev–Trinajstić information content (AvgIpc) is 2.78. The van der Waals surface area contributed by atoms with Crippen LogP contribution in [0.5, 0.6) is 5.75 Å². The van der Waals surface area contributed by atoms with Gasteiger partial charge in [0.2, 0.25) is 11.7 Å². The van der Waals surface area contributed by atoms with Gasteiger partial charge in [0, 0.05) is 7.05 Å². The number of nitrogens with one attached hydrogen (secondary N) is 1. The maximum absolute atomic E-state index is 11.2. The highest BCUT2D eigenvalue weighted by Crippen LogP contribution is 2.33. The molecule has 3 N–H and O–H groups in total. The molecule has 0 atom stereocenters. The predicted octanol–water partition coefficient (Wildman–Crippen LogP) is 1.58. The molecular weight excluding hydrogens is 264 g/mol. The summed E-state index contributed by atoms with van der Waals surface area (Å²) in [6, 6.07) is 7.38. The molecule has 1 heterocycles. The van der Waals surface area contributed by atoms with E-state index in [9.17, 15) is 4.79 Å². The van der Waals surface area contributed by atoms with Crippen molar-refractivity contribution in [3.05, 3.63) is 30.0 Å². The first kappa shape index (κ1) is 13.4. The highest BCUT2D eigenvalue weighted by atomic mass is 32.1. The number of ether oxygens (including phenoxy) is 1. The Balaban J connectivity index is 2.26. The largest absolute Gasteiger partial charge is 0.488 e. The Morgan fingerprint density at radius 2 is 2.21 bits per heavy atom. The number of thiocarbonyl (C=S) groups is 1. The van der Waals surface area contributed by atoms with Crippen LogP contribution in [0, 0.1) is 0 Å². The van der Waals surface area contributed by atoms with E-state index in [1.54, 1.807) is 7.05 Å². The van der Waals surface area contributed by atoms with Crippen molar-refractivity contribution in [2.24, 2.45) is 5.73 Å². The van der Waals surface area contributed by atoms with Crippen molar-refractivity contribution in [2.45, 2.75) is 6.42 Å². The van der Waals surface area contributed by atoms with E-state index in [2.05, 4.69) is 5.32 Å². The van der Waals surface area contributed by atoms with Crippen LogP contribution in [-0.4, -0.2) is 24.6 Å². The number of para-hydroxylation sites is 1. The maximum Gasteiger partial charge on any atom is 0.223 e. The molecule has 0 aliphatic rings. The number of amides is 1. The number of nitrogens with two attached hydrogens (primary N) is 1. The fraction of sp³-hybridized carbons (Fsp3) is 0.231. The first-order valence-electron chi connectivity index (χ1n) is 5.78. The van der Waals surface area contributed by atoms with Crippen LogP contribution in [0.4, 0.5) is 0 Å². The Morgan fingerprint density at radius 1 is 1.47 bits per heavy atom. The summed E-state index contributed by atoms with van der Waals surface area (Å²) < 4.78 is 11.2. The highest BCUT2D eigenvalue weighted by molar-refractivity contribution is 7.80. The van der Waals surface area contributed by atoms with Crippen molar-refractivity contribution in [3.63, 3.8) is 0 Å². The van der Waals surface area contributed by atoms with Crippen LogP contribution in [-0.2, 0) is 4.79 Å². The van der Waals surface area contributed by atoms with Crippen molar-refractivity contribution in [1.82, 2.24) is 5.32 Å². The standard InChI is InChI=1S/C13H14N2O3S/c1-15-10(16)6-7-17-11-8-4-2-3-5-9(8)18-12(11)13(14)19/h2-5H,6-7H2,1H3,(H2,14,19)(H,15,16). The molecule has 0 radical (unpaired) electrons. The third-order valence-corrected chi connectivity index (χ3v) is 2.81. The van der Waals surface area contributed by atoms with Crippen molar-refractivity contribution in [3.8, 4) is 5.75 Å². The molecule has 19 heavy (non-hydrogen) atoms. The molecule has 2 aromatic rings. The number of furan rings is 1. The quantitative estimate of drug-likeness (QED) is 0.812. The number of rotatable bonds is 5. The van der Waals surface area contributed by atoms with Crippen molar-refractivity contribution >= 4 is 34.1 Å². The van der Waals surface area contributed by atoms with Gasteiger partial charge in [0.15, 0.2) is 5.75 Å². The van der Waals surface area contributed by atoms with E-state index >= 15 is 0 Å². The predicted molar refractivity (Wildman–Crippen MR) is 76.3 cm³/mol. The number of hydrogen-bond acceptors (Lipinski definition) is 4. The third kappa shape index (κ3) is 2.85. The fourth-order valence-electron chi connectivity index (χ4n) is 1.70. The molecule has 0 aliphatic carbocycles. The summed E-state index contributed by atoms with van der Waals surface area (Å²) in [4.78, 5) is 11.3. The molecule has 6 heteroatoms. The zero-order valence-electron chi connectivity index (χ0n) is 10.4. The lowest BCUT2D eigenvalue weighted by molar-refractivity contribution is -0.121. The minimum Gasteiger partial charge on any atom is -0.488 e. The van der Waals surface area contributed by atoms with Gasteiger partial charge in [-0.05, 0) is 12.1 Å². The topological polar surface area (TPSA) is 77.5 Å². The first-order chi connectivity index (χ1) is 9.13. The molecule has 0 spiro atoms. The van der Waals surface area contributed by atoms with Crippen LogP contribution < -0.4 is 15.8 Å². The van der Waals surface area contributed by atoms with E-state index in [4.69, 9.17) is 27.1 Å². The van der Waals surface area contributed by atoms with Gasteiger partial charge < -0.3 is 20.2 Å². The number of hydrogen-bond donors (Lipinski definition) is 2. The van der Waals surface area contributed by atoms with Gasteiger partial charge in [0.1, 0.15) is 10.6 Å². The fourth-order valence-corrected chi connectivity index (χ4v) is 1.83. The molecule has 0 unspecified atom stereocenters. The van der Waals surface area contributed by atoms with E-state index in [0.29, 0.717) is 17.1 Å². The van der Waals surface area contributed by atoms with Crippen molar-refractivity contribution in [2.75, 3.05) is 13.7 Å². The summed E-state index contributed by atoms with van der Waals surface area (Å²) in [5.74, 6) is 0.741. The van der Waals surface area contributed by atoms with Crippen LogP contribution in [0.1, 0.15) is 12.2 Å². The Hall–Kier alpha value is -2.08. The highest BCUT2D eigenvalue weighted by Gasteiger charge is 2.17. The molecule has 1 amide bonds. The SMILES string of the molecule is CNC(=O)CCOc1c(C(N)=S)oc2ccccc12. The summed E-state index contributed by atoms with van der Waals surface area (Å²) in [5, 5.41) is 3.32. The molecule has 5 nitrogen and oxygen atoms in total. The monoisotopic (exact) mass is 278 g/mol. The summed E-state index contributed by atoms with van der Waals surface area (Å²) in [7, 11) is 1.58. The summed E-state index contributed by atoms with van der Waals surface area (Å²) in [6.45, 7) is 0.235. The zero-order valence-corrected chi connectivity index (χ0v) is 11.3. The van der Waals surface area contributed by atoms with E-state index < -0.39 is 0 Å². The van der Waals surface area contributed by atoms with Gasteiger partial charge in [-0.2, -0.15) is 0 Å². The van der Waals surface area contributed by atoms with Crippen molar-refractivity contribution < 1.29 is 13.9 Å². The zero-order chi connectivity index (χ0) is 13.8. The van der Waals surface area contributed by atoms with Gasteiger partial charge in [-0.25, -0.2) is 0 Å². The van der Waals surface area contributed by atoms with E-state index in [1.165, 1.54) is 0 Å². The molecule has 1 aromatic heterocycles. The Morgan fingerprint density at radius 3 is 2.89 bits per heavy atom. The van der Waals surface area contributed by atoms with Gasteiger partial charge in [-0.15, -0.1) is 0 Å². The Labute approximate surface area is 115 Å². The second-order valence-corrected chi connectivity index (χ2v) is 4.33.